The first-order valence-electron chi connectivity index (χ1n) is 6.65. The molecule has 1 amide bonds. The van der Waals surface area contributed by atoms with Gasteiger partial charge in [-0.15, -0.1) is 0 Å². The number of carbonyl (C=O) groups is 1. The molecular weight excluding hydrogens is 304 g/mol. The summed E-state index contributed by atoms with van der Waals surface area (Å²) in [6.45, 7) is 0. The molecule has 2 N–H and O–H groups in total. The molecule has 0 unspecified atom stereocenters. The molecule has 0 radical (unpaired) electrons. The van der Waals surface area contributed by atoms with Gasteiger partial charge in [0.1, 0.15) is 5.82 Å². The van der Waals surface area contributed by atoms with Gasteiger partial charge < -0.3 is 15.1 Å². The van der Waals surface area contributed by atoms with Crippen LogP contribution in [0.25, 0.3) is 0 Å². The molecule has 3 aromatic rings. The molecule has 0 spiro atoms. The Morgan fingerprint density at radius 3 is 2.52 bits per heavy atom. The van der Waals surface area contributed by atoms with Crippen molar-refractivity contribution in [3.63, 3.8) is 0 Å². The van der Waals surface area contributed by atoms with Crippen LogP contribution in [0.2, 0.25) is 0 Å². The summed E-state index contributed by atoms with van der Waals surface area (Å²) in [6, 6.07) is 9.84. The van der Waals surface area contributed by atoms with Crippen LogP contribution >= 0.6 is 0 Å². The van der Waals surface area contributed by atoms with Crippen LogP contribution in [0.3, 0.4) is 0 Å². The van der Waals surface area contributed by atoms with Gasteiger partial charge in [0.25, 0.3) is 5.91 Å². The first kappa shape index (κ1) is 14.7. The lowest BCUT2D eigenvalue weighted by Crippen LogP contribution is -2.11. The van der Waals surface area contributed by atoms with Gasteiger partial charge in [0.05, 0.1) is 18.1 Å². The second kappa shape index (κ2) is 6.27. The Morgan fingerprint density at radius 2 is 1.87 bits per heavy atom. The molecule has 5 nitrogen and oxygen atoms in total. The summed E-state index contributed by atoms with van der Waals surface area (Å²) in [7, 11) is 0. The minimum Gasteiger partial charge on any atom is -0.459 e. The SMILES string of the molecule is O=C(Nc1ccc(Nc2ccc(F)c(F)c2)cn1)c1ccco1. The van der Waals surface area contributed by atoms with Gasteiger partial charge in [-0.1, -0.05) is 0 Å². The standard InChI is InChI=1S/C16H11F2N3O2/c17-12-5-3-10(8-13(12)18)20-11-4-6-15(19-9-11)21-16(22)14-2-1-7-23-14/h1-9,20H,(H,19,21,22). The molecule has 1 aromatic carbocycles. The molecule has 0 saturated carbocycles. The van der Waals surface area contributed by atoms with Crippen LogP contribution in [-0.2, 0) is 0 Å². The van der Waals surface area contributed by atoms with Gasteiger partial charge in [0, 0.05) is 11.8 Å². The van der Waals surface area contributed by atoms with E-state index in [0.717, 1.165) is 12.1 Å². The van der Waals surface area contributed by atoms with E-state index in [9.17, 15) is 13.6 Å². The Labute approximate surface area is 130 Å². The zero-order valence-electron chi connectivity index (χ0n) is 11.7. The van der Waals surface area contributed by atoms with Gasteiger partial charge in [0.15, 0.2) is 17.4 Å². The molecule has 0 fully saturated rings. The molecule has 0 bridgehead atoms. The average molecular weight is 315 g/mol. The highest BCUT2D eigenvalue weighted by Gasteiger charge is 2.09. The van der Waals surface area contributed by atoms with E-state index in [2.05, 4.69) is 15.6 Å². The Morgan fingerprint density at radius 1 is 1.04 bits per heavy atom. The van der Waals surface area contributed by atoms with Crippen molar-refractivity contribution in [2.45, 2.75) is 0 Å². The number of furan rings is 1. The summed E-state index contributed by atoms with van der Waals surface area (Å²) in [5.74, 6) is -1.75. The Bertz CT molecular complexity index is 818. The number of nitrogens with one attached hydrogen (secondary N) is 2. The summed E-state index contributed by atoms with van der Waals surface area (Å²) in [5, 5.41) is 5.45. The fourth-order valence-electron chi connectivity index (χ4n) is 1.87. The zero-order chi connectivity index (χ0) is 16.2. The third-order valence-corrected chi connectivity index (χ3v) is 2.96. The van der Waals surface area contributed by atoms with E-state index in [1.54, 1.807) is 18.2 Å². The van der Waals surface area contributed by atoms with E-state index < -0.39 is 17.5 Å². The van der Waals surface area contributed by atoms with Gasteiger partial charge in [-0.3, -0.25) is 4.79 Å². The number of rotatable bonds is 4. The fourth-order valence-corrected chi connectivity index (χ4v) is 1.87. The molecule has 2 heterocycles. The summed E-state index contributed by atoms with van der Waals surface area (Å²) in [5.41, 5.74) is 0.949. The van der Waals surface area contributed by atoms with E-state index >= 15 is 0 Å². The summed E-state index contributed by atoms with van der Waals surface area (Å²) in [4.78, 5) is 15.8. The quantitative estimate of drug-likeness (QED) is 0.765. The molecule has 7 heteroatoms. The number of aromatic nitrogens is 1. The lowest BCUT2D eigenvalue weighted by Gasteiger charge is -2.08. The smallest absolute Gasteiger partial charge is 0.292 e. The van der Waals surface area contributed by atoms with Gasteiger partial charge in [-0.2, -0.15) is 0 Å². The van der Waals surface area contributed by atoms with E-state index in [-0.39, 0.29) is 5.76 Å². The van der Waals surface area contributed by atoms with Crippen LogP contribution in [0.15, 0.2) is 59.3 Å². The Hall–Kier alpha value is -3.22. The molecule has 0 aliphatic carbocycles. The minimum atomic E-state index is -0.940. The maximum Gasteiger partial charge on any atom is 0.292 e. The van der Waals surface area contributed by atoms with Gasteiger partial charge in [0.2, 0.25) is 0 Å². The molecule has 2 aromatic heterocycles. The highest BCUT2D eigenvalue weighted by Crippen LogP contribution is 2.19. The highest BCUT2D eigenvalue weighted by atomic mass is 19.2. The third-order valence-electron chi connectivity index (χ3n) is 2.96. The van der Waals surface area contributed by atoms with Crippen molar-refractivity contribution < 1.29 is 18.0 Å². The number of nitrogens with zero attached hydrogens (tertiary/aromatic N) is 1. The molecule has 0 aliphatic heterocycles. The summed E-state index contributed by atoms with van der Waals surface area (Å²) in [6.07, 6.45) is 2.86. The number of benzene rings is 1. The topological polar surface area (TPSA) is 67.2 Å². The first-order chi connectivity index (χ1) is 11.1. The first-order valence-corrected chi connectivity index (χ1v) is 6.65. The van der Waals surface area contributed by atoms with Crippen LogP contribution in [0.5, 0.6) is 0 Å². The molecular formula is C16H11F2N3O2. The molecule has 0 atom stereocenters. The number of pyridine rings is 1. The number of carbonyl (C=O) groups excluding carboxylic acids is 1. The van der Waals surface area contributed by atoms with Crippen LogP contribution in [0, 0.1) is 11.6 Å². The van der Waals surface area contributed by atoms with Crippen LogP contribution in [0.4, 0.5) is 26.0 Å². The van der Waals surface area contributed by atoms with E-state index in [1.807, 2.05) is 0 Å². The van der Waals surface area contributed by atoms with Crippen molar-refractivity contribution in [2.24, 2.45) is 0 Å². The van der Waals surface area contributed by atoms with E-state index in [4.69, 9.17) is 4.42 Å². The molecule has 0 saturated heterocycles. The maximum atomic E-state index is 13.1. The Kier molecular flexibility index (Phi) is 4.01. The van der Waals surface area contributed by atoms with Crippen LogP contribution in [-0.4, -0.2) is 10.9 Å². The lowest BCUT2D eigenvalue weighted by atomic mass is 10.3. The molecule has 0 aliphatic rings. The van der Waals surface area contributed by atoms with Crippen molar-refractivity contribution in [3.05, 3.63) is 72.3 Å². The number of amides is 1. The zero-order valence-corrected chi connectivity index (χ0v) is 11.7. The number of anilines is 3. The van der Waals surface area contributed by atoms with Gasteiger partial charge >= 0.3 is 0 Å². The van der Waals surface area contributed by atoms with Crippen molar-refractivity contribution >= 4 is 23.1 Å². The fraction of sp³-hybridized carbons (Fsp3) is 0. The third kappa shape index (κ3) is 3.52. The van der Waals surface area contributed by atoms with Crippen LogP contribution < -0.4 is 10.6 Å². The maximum absolute atomic E-state index is 13.1. The number of hydrogen-bond donors (Lipinski definition) is 2. The second-order valence-corrected chi connectivity index (χ2v) is 4.62. The second-order valence-electron chi connectivity index (χ2n) is 4.62. The number of halogens is 2. The normalized spacial score (nSPS) is 10.3. The van der Waals surface area contributed by atoms with Crippen molar-refractivity contribution in [1.82, 2.24) is 4.98 Å². The lowest BCUT2D eigenvalue weighted by molar-refractivity contribution is 0.0996. The molecule has 116 valence electrons. The monoisotopic (exact) mass is 315 g/mol. The predicted molar refractivity (Wildman–Crippen MR) is 80.5 cm³/mol. The number of hydrogen-bond acceptors (Lipinski definition) is 4. The van der Waals surface area contributed by atoms with Gasteiger partial charge in [-0.05, 0) is 36.4 Å². The van der Waals surface area contributed by atoms with Crippen molar-refractivity contribution in [3.8, 4) is 0 Å². The minimum absolute atomic E-state index is 0.177. The van der Waals surface area contributed by atoms with Crippen LogP contribution in [0.1, 0.15) is 10.6 Å². The largest absolute Gasteiger partial charge is 0.459 e. The van der Waals surface area contributed by atoms with Gasteiger partial charge in [-0.25, -0.2) is 13.8 Å². The van der Waals surface area contributed by atoms with Crippen molar-refractivity contribution in [2.75, 3.05) is 10.6 Å². The van der Waals surface area contributed by atoms with E-state index in [1.165, 1.54) is 24.6 Å². The highest BCUT2D eigenvalue weighted by molar-refractivity contribution is 6.01. The average Bonchev–Trinajstić information content (AvgIpc) is 3.07. The molecule has 3 rings (SSSR count). The summed E-state index contributed by atoms with van der Waals surface area (Å²) >= 11 is 0. The van der Waals surface area contributed by atoms with Crippen molar-refractivity contribution in [1.29, 1.82) is 0 Å². The summed E-state index contributed by atoms with van der Waals surface area (Å²) < 4.78 is 31.0. The predicted octanol–water partition coefficient (Wildman–Crippen LogP) is 3.95. The van der Waals surface area contributed by atoms with E-state index in [0.29, 0.717) is 17.2 Å². The molecule has 23 heavy (non-hydrogen) atoms. The Balaban J connectivity index is 1.67.